The minimum absolute atomic E-state index is 0.777. The lowest BCUT2D eigenvalue weighted by molar-refractivity contribution is 0.240. The molecule has 2 aliphatic rings. The molecule has 0 saturated carbocycles. The second-order valence-electron chi connectivity index (χ2n) is 5.83. The maximum Gasteiger partial charge on any atom is 0.0215 e. The molecule has 1 atom stereocenters. The van der Waals surface area contributed by atoms with Crippen LogP contribution in [0.2, 0.25) is 0 Å². The van der Waals surface area contributed by atoms with Crippen molar-refractivity contribution in [2.75, 3.05) is 54.4 Å². The highest BCUT2D eigenvalue weighted by Crippen LogP contribution is 2.06. The van der Waals surface area contributed by atoms with Gasteiger partial charge in [-0.2, -0.15) is 0 Å². The highest BCUT2D eigenvalue weighted by atomic mass is 15.1. The Morgan fingerprint density at radius 1 is 0.917 bits per heavy atom. The number of nitrogens with one attached hydrogen (secondary N) is 2. The average molecular weight is 347 g/mol. The van der Waals surface area contributed by atoms with E-state index in [4.69, 9.17) is 0 Å². The Labute approximate surface area is 154 Å². The third-order valence-corrected chi connectivity index (χ3v) is 4.13. The molecule has 0 radical (unpaired) electrons. The van der Waals surface area contributed by atoms with Crippen molar-refractivity contribution >= 4 is 0 Å². The molecule has 0 aliphatic carbocycles. The molecule has 24 heavy (non-hydrogen) atoms. The van der Waals surface area contributed by atoms with Crippen molar-refractivity contribution < 1.29 is 0 Å². The van der Waals surface area contributed by atoms with Crippen LogP contribution in [0.25, 0.3) is 0 Å². The second kappa shape index (κ2) is 22.8. The van der Waals surface area contributed by atoms with Crippen LogP contribution in [0.4, 0.5) is 0 Å². The molecule has 2 fully saturated rings. The van der Waals surface area contributed by atoms with Gasteiger partial charge in [-0.05, 0) is 73.5 Å². The van der Waals surface area contributed by atoms with E-state index in [0.29, 0.717) is 0 Å². The van der Waals surface area contributed by atoms with Crippen molar-refractivity contribution in [3.05, 3.63) is 0 Å². The minimum atomic E-state index is 0.777. The van der Waals surface area contributed by atoms with Gasteiger partial charge < -0.3 is 20.4 Å². The van der Waals surface area contributed by atoms with E-state index in [9.17, 15) is 0 Å². The van der Waals surface area contributed by atoms with Gasteiger partial charge in [0.15, 0.2) is 0 Å². The average Bonchev–Trinajstić information content (AvgIpc) is 2.68. The number of hydrogen-bond acceptors (Lipinski definition) is 4. The van der Waals surface area contributed by atoms with Gasteiger partial charge in [-0.25, -0.2) is 0 Å². The van der Waals surface area contributed by atoms with Crippen molar-refractivity contribution in [3.8, 4) is 0 Å². The molecule has 4 heteroatoms. The summed E-state index contributed by atoms with van der Waals surface area (Å²) >= 11 is 0. The van der Waals surface area contributed by atoms with E-state index in [1.807, 2.05) is 41.5 Å². The summed E-state index contributed by atoms with van der Waals surface area (Å²) in [5, 5.41) is 6.67. The monoisotopic (exact) mass is 346 g/mol. The van der Waals surface area contributed by atoms with Crippen LogP contribution in [0.3, 0.4) is 0 Å². The quantitative estimate of drug-likeness (QED) is 0.798. The Bertz CT molecular complexity index is 196. The second-order valence-corrected chi connectivity index (χ2v) is 5.83. The van der Waals surface area contributed by atoms with Gasteiger partial charge in [0.1, 0.15) is 0 Å². The Morgan fingerprint density at radius 2 is 1.42 bits per heavy atom. The molecule has 4 nitrogen and oxygen atoms in total. The number of nitrogens with zero attached hydrogens (tertiary/aromatic N) is 2. The maximum atomic E-state index is 3.37. The maximum absolute atomic E-state index is 3.37. The third-order valence-electron chi connectivity index (χ3n) is 4.13. The molecular formula is C20H50N4. The zero-order valence-corrected chi connectivity index (χ0v) is 18.7. The smallest absolute Gasteiger partial charge is 0.0215 e. The van der Waals surface area contributed by atoms with Crippen molar-refractivity contribution in [2.24, 2.45) is 0 Å². The summed E-state index contributed by atoms with van der Waals surface area (Å²) < 4.78 is 0. The van der Waals surface area contributed by atoms with E-state index in [-0.39, 0.29) is 0 Å². The summed E-state index contributed by atoms with van der Waals surface area (Å²) in [6.45, 7) is 16.9. The van der Waals surface area contributed by atoms with E-state index in [0.717, 1.165) is 12.1 Å². The predicted molar refractivity (Wildman–Crippen MR) is 113 cm³/mol. The SMILES string of the molecule is CC.CC.CC.CN(C)C1CCCNC1.CNC1CCN(C)CC1. The van der Waals surface area contributed by atoms with E-state index < -0.39 is 0 Å². The Morgan fingerprint density at radius 3 is 1.71 bits per heavy atom. The molecule has 2 N–H and O–H groups in total. The highest BCUT2D eigenvalue weighted by molar-refractivity contribution is 4.74. The molecule has 2 saturated heterocycles. The normalized spacial score (nSPS) is 20.9. The molecule has 1 unspecified atom stereocenters. The van der Waals surface area contributed by atoms with Crippen LogP contribution in [-0.4, -0.2) is 76.3 Å². The fraction of sp³-hybridized carbons (Fsp3) is 1.00. The van der Waals surface area contributed by atoms with E-state index in [1.54, 1.807) is 0 Å². The van der Waals surface area contributed by atoms with Gasteiger partial charge in [0.05, 0.1) is 0 Å². The summed E-state index contributed by atoms with van der Waals surface area (Å²) in [4.78, 5) is 4.68. The van der Waals surface area contributed by atoms with E-state index in [1.165, 1.54) is 51.9 Å². The molecule has 0 bridgehead atoms. The first-order valence-electron chi connectivity index (χ1n) is 10.4. The number of hydrogen-bond donors (Lipinski definition) is 2. The van der Waals surface area contributed by atoms with E-state index >= 15 is 0 Å². The van der Waals surface area contributed by atoms with Gasteiger partial charge in [-0.1, -0.05) is 41.5 Å². The molecule has 2 heterocycles. The minimum Gasteiger partial charge on any atom is -0.317 e. The van der Waals surface area contributed by atoms with Crippen LogP contribution in [-0.2, 0) is 0 Å². The molecule has 0 aromatic heterocycles. The van der Waals surface area contributed by atoms with Crippen LogP contribution in [0, 0.1) is 0 Å². The lowest BCUT2D eigenvalue weighted by atomic mass is 10.1. The van der Waals surface area contributed by atoms with Gasteiger partial charge in [0.2, 0.25) is 0 Å². The van der Waals surface area contributed by atoms with Crippen molar-refractivity contribution in [2.45, 2.75) is 79.3 Å². The first-order chi connectivity index (χ1) is 11.6. The van der Waals surface area contributed by atoms with Gasteiger partial charge in [0, 0.05) is 18.6 Å². The number of rotatable bonds is 2. The number of piperidine rings is 2. The summed E-state index contributed by atoms with van der Waals surface area (Å²) in [6.07, 6.45) is 5.32. The molecule has 0 aromatic rings. The summed E-state index contributed by atoms with van der Waals surface area (Å²) in [6, 6.07) is 1.56. The van der Waals surface area contributed by atoms with Crippen LogP contribution in [0.5, 0.6) is 0 Å². The first-order valence-corrected chi connectivity index (χ1v) is 10.4. The zero-order valence-electron chi connectivity index (χ0n) is 18.7. The summed E-state index contributed by atoms with van der Waals surface area (Å²) in [7, 11) is 8.54. The molecular weight excluding hydrogens is 296 g/mol. The standard InChI is InChI=1S/2C7H16N2.3C2H6/c1-8-7-3-5-9(2)6-4-7;1-9(2)7-4-3-5-8-6-7;3*1-2/h2*7-8H,3-6H2,1-2H3;3*1-2H3. The molecule has 150 valence electrons. The largest absolute Gasteiger partial charge is 0.317 e. The van der Waals surface area contributed by atoms with Crippen LogP contribution in [0.1, 0.15) is 67.2 Å². The first kappa shape index (κ1) is 28.6. The fourth-order valence-corrected chi connectivity index (χ4v) is 2.57. The summed E-state index contributed by atoms with van der Waals surface area (Å²) in [5.41, 5.74) is 0. The molecule has 0 aromatic carbocycles. The van der Waals surface area contributed by atoms with Crippen LogP contribution >= 0.6 is 0 Å². The van der Waals surface area contributed by atoms with Gasteiger partial charge in [-0.3, -0.25) is 0 Å². The van der Waals surface area contributed by atoms with Crippen molar-refractivity contribution in [1.82, 2.24) is 20.4 Å². The van der Waals surface area contributed by atoms with Crippen molar-refractivity contribution in [1.29, 1.82) is 0 Å². The Hall–Kier alpha value is -0.160. The molecule has 0 amide bonds. The van der Waals surface area contributed by atoms with Gasteiger partial charge in [0.25, 0.3) is 0 Å². The Balaban J connectivity index is -0.000000281. The van der Waals surface area contributed by atoms with Crippen molar-refractivity contribution in [3.63, 3.8) is 0 Å². The predicted octanol–water partition coefficient (Wildman–Crippen LogP) is 3.68. The summed E-state index contributed by atoms with van der Waals surface area (Å²) in [5.74, 6) is 0. The Kier molecular flexibility index (Phi) is 27.3. The molecule has 2 rings (SSSR count). The number of likely N-dealkylation sites (N-methyl/N-ethyl adjacent to an activating group) is 1. The van der Waals surface area contributed by atoms with Crippen LogP contribution in [0.15, 0.2) is 0 Å². The van der Waals surface area contributed by atoms with E-state index in [2.05, 4.69) is 48.6 Å². The highest BCUT2D eigenvalue weighted by Gasteiger charge is 2.14. The molecule has 2 aliphatic heterocycles. The third kappa shape index (κ3) is 16.7. The molecule has 0 spiro atoms. The number of likely N-dealkylation sites (tertiary alicyclic amines) is 1. The zero-order chi connectivity index (χ0) is 19.4. The lowest BCUT2D eigenvalue weighted by Gasteiger charge is -2.28. The fourth-order valence-electron chi connectivity index (χ4n) is 2.57. The van der Waals surface area contributed by atoms with Crippen LogP contribution < -0.4 is 10.6 Å². The van der Waals surface area contributed by atoms with Gasteiger partial charge >= 0.3 is 0 Å². The van der Waals surface area contributed by atoms with Gasteiger partial charge in [-0.15, -0.1) is 0 Å². The lowest BCUT2D eigenvalue weighted by Crippen LogP contribution is -2.42. The topological polar surface area (TPSA) is 30.5 Å².